The molecule has 0 aliphatic heterocycles. The van der Waals surface area contributed by atoms with E-state index in [1.165, 1.54) is 13.2 Å². The van der Waals surface area contributed by atoms with Crippen molar-refractivity contribution in [2.24, 2.45) is 0 Å². The van der Waals surface area contributed by atoms with Crippen molar-refractivity contribution in [3.8, 4) is 17.6 Å². The van der Waals surface area contributed by atoms with Crippen LogP contribution in [0.25, 0.3) is 6.08 Å². The number of nitrogens with zero attached hydrogens (tertiary/aromatic N) is 1. The normalized spacial score (nSPS) is 10.8. The average molecular weight is 434 g/mol. The zero-order chi connectivity index (χ0) is 17.7. The molecule has 0 atom stereocenters. The fourth-order valence-corrected chi connectivity index (χ4v) is 2.69. The van der Waals surface area contributed by atoms with Crippen molar-refractivity contribution >= 4 is 40.3 Å². The highest BCUT2D eigenvalue weighted by Gasteiger charge is 2.14. The van der Waals surface area contributed by atoms with Crippen molar-refractivity contribution in [2.75, 3.05) is 12.4 Å². The smallest absolute Gasteiger partial charge is 0.266 e. The summed E-state index contributed by atoms with van der Waals surface area (Å²) in [6.07, 6.45) is 1.34. The van der Waals surface area contributed by atoms with Crippen LogP contribution in [-0.4, -0.2) is 18.1 Å². The van der Waals surface area contributed by atoms with Gasteiger partial charge in [0.1, 0.15) is 11.6 Å². The van der Waals surface area contributed by atoms with E-state index in [4.69, 9.17) is 4.74 Å². The SMILES string of the molecule is COc1cc(I)cc(C=C(C#N)C(=O)Nc2ccccc2C)c1O. The number of aromatic hydroxyl groups is 1. The van der Waals surface area contributed by atoms with Crippen LogP contribution in [0.1, 0.15) is 11.1 Å². The first-order valence-corrected chi connectivity index (χ1v) is 8.09. The number of methoxy groups -OCH3 is 1. The van der Waals surface area contributed by atoms with Crippen LogP contribution in [0.2, 0.25) is 0 Å². The number of anilines is 1. The summed E-state index contributed by atoms with van der Waals surface area (Å²) in [5.74, 6) is -0.372. The van der Waals surface area contributed by atoms with Gasteiger partial charge in [0.2, 0.25) is 0 Å². The Hall–Kier alpha value is -2.53. The summed E-state index contributed by atoms with van der Waals surface area (Å²) in [6, 6.07) is 12.5. The first kappa shape index (κ1) is 17.8. The van der Waals surface area contributed by atoms with Crippen LogP contribution in [0, 0.1) is 21.8 Å². The van der Waals surface area contributed by atoms with Crippen molar-refractivity contribution in [3.63, 3.8) is 0 Å². The second-order valence-corrected chi connectivity index (χ2v) is 6.23. The molecule has 0 aromatic heterocycles. The largest absolute Gasteiger partial charge is 0.504 e. The van der Waals surface area contributed by atoms with Crippen molar-refractivity contribution in [3.05, 3.63) is 56.7 Å². The van der Waals surface area contributed by atoms with Crippen molar-refractivity contribution in [2.45, 2.75) is 6.92 Å². The van der Waals surface area contributed by atoms with E-state index < -0.39 is 5.91 Å². The molecule has 2 aromatic rings. The minimum atomic E-state index is -0.538. The molecule has 2 N–H and O–H groups in total. The number of aryl methyl sites for hydroxylation is 1. The maximum atomic E-state index is 12.3. The predicted molar refractivity (Wildman–Crippen MR) is 101 cm³/mol. The number of ether oxygens (including phenoxy) is 1. The number of para-hydroxylation sites is 1. The molecular formula is C18H15IN2O3. The molecule has 0 fully saturated rings. The van der Waals surface area contributed by atoms with Gasteiger partial charge in [0.15, 0.2) is 11.5 Å². The summed E-state index contributed by atoms with van der Waals surface area (Å²) in [4.78, 5) is 12.3. The molecule has 0 unspecified atom stereocenters. The number of hydrogen-bond acceptors (Lipinski definition) is 4. The lowest BCUT2D eigenvalue weighted by molar-refractivity contribution is -0.112. The van der Waals surface area contributed by atoms with Gasteiger partial charge in [0.05, 0.1) is 7.11 Å². The van der Waals surface area contributed by atoms with Crippen LogP contribution in [-0.2, 0) is 4.79 Å². The van der Waals surface area contributed by atoms with Gasteiger partial charge >= 0.3 is 0 Å². The highest BCUT2D eigenvalue weighted by Crippen LogP contribution is 2.33. The molecule has 5 nitrogen and oxygen atoms in total. The Morgan fingerprint density at radius 3 is 2.71 bits per heavy atom. The maximum absolute atomic E-state index is 12.3. The maximum Gasteiger partial charge on any atom is 0.266 e. The van der Waals surface area contributed by atoms with Crippen LogP contribution in [0.4, 0.5) is 5.69 Å². The van der Waals surface area contributed by atoms with Crippen LogP contribution in [0.15, 0.2) is 42.0 Å². The minimum absolute atomic E-state index is 0.113. The Morgan fingerprint density at radius 2 is 2.08 bits per heavy atom. The molecule has 0 bridgehead atoms. The number of phenols is 1. The molecule has 6 heteroatoms. The fourth-order valence-electron chi connectivity index (χ4n) is 2.07. The van der Waals surface area contributed by atoms with Crippen molar-refractivity contribution in [1.29, 1.82) is 5.26 Å². The molecular weight excluding hydrogens is 419 g/mol. The molecule has 122 valence electrons. The van der Waals surface area contributed by atoms with E-state index >= 15 is 0 Å². The minimum Gasteiger partial charge on any atom is -0.504 e. The number of carbonyl (C=O) groups excluding carboxylic acids is 1. The standard InChI is InChI=1S/C18H15IN2O3/c1-11-5-3-4-6-15(11)21-18(23)13(10-20)7-12-8-14(19)9-16(24-2)17(12)22/h3-9,22H,1-2H3,(H,21,23). The average Bonchev–Trinajstić information content (AvgIpc) is 2.57. The molecule has 0 aliphatic rings. The van der Waals surface area contributed by atoms with Gasteiger partial charge in [-0.05, 0) is 59.4 Å². The topological polar surface area (TPSA) is 82.3 Å². The molecule has 2 aromatic carbocycles. The fraction of sp³-hybridized carbons (Fsp3) is 0.111. The zero-order valence-electron chi connectivity index (χ0n) is 13.1. The highest BCUT2D eigenvalue weighted by atomic mass is 127. The molecule has 0 heterocycles. The van der Waals surface area contributed by atoms with Gasteiger partial charge < -0.3 is 15.2 Å². The lowest BCUT2D eigenvalue weighted by Crippen LogP contribution is -2.14. The van der Waals surface area contributed by atoms with Gasteiger partial charge in [-0.2, -0.15) is 5.26 Å². The third kappa shape index (κ3) is 4.06. The Morgan fingerprint density at radius 1 is 1.38 bits per heavy atom. The summed E-state index contributed by atoms with van der Waals surface area (Å²) in [5, 5.41) is 22.2. The number of hydrogen-bond donors (Lipinski definition) is 2. The van der Waals surface area contributed by atoms with Crippen molar-refractivity contribution in [1.82, 2.24) is 0 Å². The van der Waals surface area contributed by atoms with Crippen LogP contribution < -0.4 is 10.1 Å². The van der Waals surface area contributed by atoms with E-state index in [9.17, 15) is 15.2 Å². The summed E-state index contributed by atoms with van der Waals surface area (Å²) < 4.78 is 5.90. The molecule has 0 aliphatic carbocycles. The van der Waals surface area contributed by atoms with Crippen LogP contribution >= 0.6 is 22.6 Å². The quantitative estimate of drug-likeness (QED) is 0.435. The summed E-state index contributed by atoms with van der Waals surface area (Å²) in [7, 11) is 1.44. The van der Waals surface area contributed by atoms with E-state index in [0.29, 0.717) is 11.3 Å². The molecule has 0 saturated heterocycles. The van der Waals surface area contributed by atoms with E-state index in [1.807, 2.05) is 25.1 Å². The third-order valence-corrected chi connectivity index (χ3v) is 3.97. The van der Waals surface area contributed by atoms with E-state index in [0.717, 1.165) is 9.13 Å². The van der Waals surface area contributed by atoms with Gasteiger partial charge in [0, 0.05) is 14.8 Å². The van der Waals surface area contributed by atoms with Gasteiger partial charge in [0.25, 0.3) is 5.91 Å². The van der Waals surface area contributed by atoms with Crippen LogP contribution in [0.5, 0.6) is 11.5 Å². The number of nitrogens with one attached hydrogen (secondary N) is 1. The Balaban J connectivity index is 2.37. The summed E-state index contributed by atoms with van der Waals surface area (Å²) in [5.41, 5.74) is 1.75. The lowest BCUT2D eigenvalue weighted by Gasteiger charge is -2.09. The van der Waals surface area contributed by atoms with Gasteiger partial charge in [-0.3, -0.25) is 4.79 Å². The zero-order valence-corrected chi connectivity index (χ0v) is 15.3. The summed E-state index contributed by atoms with van der Waals surface area (Å²) in [6.45, 7) is 1.86. The number of benzene rings is 2. The van der Waals surface area contributed by atoms with Crippen LogP contribution in [0.3, 0.4) is 0 Å². The number of amides is 1. The summed E-state index contributed by atoms with van der Waals surface area (Å²) >= 11 is 2.07. The Bertz CT molecular complexity index is 854. The van der Waals surface area contributed by atoms with Crippen molar-refractivity contribution < 1.29 is 14.6 Å². The second kappa shape index (κ2) is 7.84. The molecule has 0 spiro atoms. The Labute approximate surface area is 153 Å². The number of halogens is 1. The van der Waals surface area contributed by atoms with E-state index in [1.54, 1.807) is 24.3 Å². The molecule has 0 radical (unpaired) electrons. The van der Waals surface area contributed by atoms with E-state index in [2.05, 4.69) is 27.9 Å². The molecule has 1 amide bonds. The Kier molecular flexibility index (Phi) is 5.82. The molecule has 24 heavy (non-hydrogen) atoms. The van der Waals surface area contributed by atoms with Gasteiger partial charge in [-0.1, -0.05) is 18.2 Å². The number of rotatable bonds is 4. The molecule has 0 saturated carbocycles. The first-order valence-electron chi connectivity index (χ1n) is 7.01. The number of nitriles is 1. The number of phenolic OH excluding ortho intramolecular Hbond substituents is 1. The van der Waals surface area contributed by atoms with Gasteiger partial charge in [-0.25, -0.2) is 0 Å². The second-order valence-electron chi connectivity index (χ2n) is 4.98. The monoisotopic (exact) mass is 434 g/mol. The first-order chi connectivity index (χ1) is 11.5. The highest BCUT2D eigenvalue weighted by molar-refractivity contribution is 14.1. The third-order valence-electron chi connectivity index (χ3n) is 3.35. The van der Waals surface area contributed by atoms with E-state index in [-0.39, 0.29) is 17.1 Å². The molecule has 2 rings (SSSR count). The van der Waals surface area contributed by atoms with Gasteiger partial charge in [-0.15, -0.1) is 0 Å². The predicted octanol–water partition coefficient (Wildman–Crippen LogP) is 3.86. The number of carbonyl (C=O) groups is 1. The lowest BCUT2D eigenvalue weighted by atomic mass is 10.1.